The second-order valence-corrected chi connectivity index (χ2v) is 4.55. The second-order valence-electron chi connectivity index (χ2n) is 4.55. The van der Waals surface area contributed by atoms with E-state index in [1.165, 1.54) is 5.56 Å². The maximum Gasteiger partial charge on any atom is 0.236 e. The Bertz CT molecular complexity index is 497. The summed E-state index contributed by atoms with van der Waals surface area (Å²) in [6, 6.07) is 7.87. The van der Waals surface area contributed by atoms with E-state index in [2.05, 4.69) is 11.9 Å². The van der Waals surface area contributed by atoms with Gasteiger partial charge in [-0.1, -0.05) is 24.3 Å². The van der Waals surface area contributed by atoms with E-state index < -0.39 is 0 Å². The van der Waals surface area contributed by atoms with Crippen molar-refractivity contribution in [3.05, 3.63) is 42.5 Å². The van der Waals surface area contributed by atoms with Gasteiger partial charge in [0.05, 0.1) is 0 Å². The minimum Gasteiger partial charge on any atom is -0.352 e. The molecular weight excluding hydrogens is 240 g/mol. The van der Waals surface area contributed by atoms with Crippen molar-refractivity contribution >= 4 is 17.5 Å². The first-order valence-corrected chi connectivity index (χ1v) is 6.48. The summed E-state index contributed by atoms with van der Waals surface area (Å²) in [4.78, 5) is 25.4. The Hall–Kier alpha value is -2.10. The SMILES string of the molecule is C=CCNC(=O)CC(=O)N1CCCc2ccccc21. The minimum absolute atomic E-state index is 0.109. The Morgan fingerprint density at radius 3 is 2.95 bits per heavy atom. The van der Waals surface area contributed by atoms with Crippen LogP contribution >= 0.6 is 0 Å². The van der Waals surface area contributed by atoms with E-state index in [1.807, 2.05) is 24.3 Å². The van der Waals surface area contributed by atoms with E-state index in [-0.39, 0.29) is 18.2 Å². The maximum absolute atomic E-state index is 12.2. The van der Waals surface area contributed by atoms with Crippen LogP contribution in [0.25, 0.3) is 0 Å². The molecule has 4 nitrogen and oxygen atoms in total. The lowest BCUT2D eigenvalue weighted by Crippen LogP contribution is -2.38. The largest absolute Gasteiger partial charge is 0.352 e. The molecule has 4 heteroatoms. The van der Waals surface area contributed by atoms with Crippen LogP contribution in [0.1, 0.15) is 18.4 Å². The van der Waals surface area contributed by atoms with Crippen molar-refractivity contribution in [3.63, 3.8) is 0 Å². The first kappa shape index (κ1) is 13.3. The van der Waals surface area contributed by atoms with E-state index >= 15 is 0 Å². The van der Waals surface area contributed by atoms with E-state index in [4.69, 9.17) is 0 Å². The predicted octanol–water partition coefficient (Wildman–Crippen LogP) is 1.66. The van der Waals surface area contributed by atoms with Crippen molar-refractivity contribution in [2.75, 3.05) is 18.0 Å². The Balaban J connectivity index is 2.04. The number of fused-ring (bicyclic) bond motifs is 1. The van der Waals surface area contributed by atoms with Crippen molar-refractivity contribution in [2.45, 2.75) is 19.3 Å². The molecule has 0 unspecified atom stereocenters. The van der Waals surface area contributed by atoms with Gasteiger partial charge < -0.3 is 10.2 Å². The smallest absolute Gasteiger partial charge is 0.236 e. The fourth-order valence-corrected chi connectivity index (χ4v) is 2.27. The number of hydrogen-bond acceptors (Lipinski definition) is 2. The molecule has 0 saturated carbocycles. The molecule has 1 heterocycles. The molecular formula is C15H18N2O2. The van der Waals surface area contributed by atoms with Crippen LogP contribution in [0, 0.1) is 0 Å². The number of hydrogen-bond donors (Lipinski definition) is 1. The second kappa shape index (κ2) is 6.18. The molecule has 2 rings (SSSR count). The van der Waals surface area contributed by atoms with Gasteiger partial charge in [0.2, 0.25) is 11.8 Å². The summed E-state index contributed by atoms with van der Waals surface area (Å²) in [7, 11) is 0. The molecule has 100 valence electrons. The van der Waals surface area contributed by atoms with E-state index in [9.17, 15) is 9.59 Å². The predicted molar refractivity (Wildman–Crippen MR) is 74.9 cm³/mol. The average molecular weight is 258 g/mol. The highest BCUT2D eigenvalue weighted by atomic mass is 16.2. The first-order valence-electron chi connectivity index (χ1n) is 6.48. The number of carbonyl (C=O) groups is 2. The van der Waals surface area contributed by atoms with Gasteiger partial charge in [0.25, 0.3) is 0 Å². The van der Waals surface area contributed by atoms with Crippen LogP contribution in [0.15, 0.2) is 36.9 Å². The summed E-state index contributed by atoms with van der Waals surface area (Å²) in [5.74, 6) is -0.401. The minimum atomic E-state index is -0.257. The Labute approximate surface area is 113 Å². The zero-order valence-corrected chi connectivity index (χ0v) is 10.9. The number of nitrogens with zero attached hydrogens (tertiary/aromatic N) is 1. The van der Waals surface area contributed by atoms with Gasteiger partial charge >= 0.3 is 0 Å². The molecule has 2 amide bonds. The van der Waals surface area contributed by atoms with E-state index in [0.717, 1.165) is 18.5 Å². The highest BCUT2D eigenvalue weighted by molar-refractivity contribution is 6.05. The number of carbonyl (C=O) groups excluding carboxylic acids is 2. The molecule has 0 aromatic heterocycles. The van der Waals surface area contributed by atoms with Crippen molar-refractivity contribution in [3.8, 4) is 0 Å². The first-order chi connectivity index (χ1) is 9.22. The van der Waals surface area contributed by atoms with Gasteiger partial charge in [-0.05, 0) is 24.5 Å². The molecule has 0 saturated heterocycles. The maximum atomic E-state index is 12.2. The number of aryl methyl sites for hydroxylation is 1. The number of amides is 2. The van der Waals surface area contributed by atoms with Gasteiger partial charge in [0.1, 0.15) is 6.42 Å². The topological polar surface area (TPSA) is 49.4 Å². The summed E-state index contributed by atoms with van der Waals surface area (Å²) in [5, 5.41) is 2.62. The van der Waals surface area contributed by atoms with Gasteiger partial charge in [-0.15, -0.1) is 6.58 Å². The van der Waals surface area contributed by atoms with Crippen LogP contribution in [0.3, 0.4) is 0 Å². The highest BCUT2D eigenvalue weighted by Crippen LogP contribution is 2.26. The quantitative estimate of drug-likeness (QED) is 0.659. The van der Waals surface area contributed by atoms with Crippen molar-refractivity contribution in [2.24, 2.45) is 0 Å². The van der Waals surface area contributed by atoms with Gasteiger partial charge in [-0.3, -0.25) is 9.59 Å². The summed E-state index contributed by atoms with van der Waals surface area (Å²) in [6.07, 6.45) is 3.42. The summed E-state index contributed by atoms with van der Waals surface area (Å²) >= 11 is 0. The molecule has 1 aromatic carbocycles. The zero-order chi connectivity index (χ0) is 13.7. The third-order valence-electron chi connectivity index (χ3n) is 3.17. The summed E-state index contributed by atoms with van der Waals surface area (Å²) in [6.45, 7) is 4.60. The van der Waals surface area contributed by atoms with E-state index in [0.29, 0.717) is 13.1 Å². The highest BCUT2D eigenvalue weighted by Gasteiger charge is 2.23. The van der Waals surface area contributed by atoms with Gasteiger partial charge in [-0.2, -0.15) is 0 Å². The number of anilines is 1. The molecule has 1 aliphatic heterocycles. The van der Waals surface area contributed by atoms with Crippen LogP contribution in [-0.4, -0.2) is 24.9 Å². The molecule has 0 spiro atoms. The third-order valence-corrected chi connectivity index (χ3v) is 3.17. The van der Waals surface area contributed by atoms with Crippen LogP contribution in [-0.2, 0) is 16.0 Å². The van der Waals surface area contributed by atoms with Crippen LogP contribution < -0.4 is 10.2 Å². The summed E-state index contributed by atoms with van der Waals surface area (Å²) in [5.41, 5.74) is 2.11. The van der Waals surface area contributed by atoms with Crippen LogP contribution in [0.2, 0.25) is 0 Å². The number of para-hydroxylation sites is 1. The lowest BCUT2D eigenvalue weighted by atomic mass is 10.0. The fraction of sp³-hybridized carbons (Fsp3) is 0.333. The Morgan fingerprint density at radius 2 is 2.16 bits per heavy atom. The van der Waals surface area contributed by atoms with Crippen molar-refractivity contribution in [1.29, 1.82) is 0 Å². The van der Waals surface area contributed by atoms with E-state index in [1.54, 1.807) is 11.0 Å². The molecule has 0 bridgehead atoms. The molecule has 0 aliphatic carbocycles. The summed E-state index contributed by atoms with van der Waals surface area (Å²) < 4.78 is 0. The molecule has 19 heavy (non-hydrogen) atoms. The number of rotatable bonds is 4. The number of benzene rings is 1. The molecule has 1 aliphatic rings. The van der Waals surface area contributed by atoms with Crippen molar-refractivity contribution < 1.29 is 9.59 Å². The van der Waals surface area contributed by atoms with Crippen molar-refractivity contribution in [1.82, 2.24) is 5.32 Å². The standard InChI is InChI=1S/C15H18N2O2/c1-2-9-16-14(18)11-15(19)17-10-5-7-12-6-3-4-8-13(12)17/h2-4,6,8H,1,5,7,9-11H2,(H,16,18). The Kier molecular flexibility index (Phi) is 4.34. The zero-order valence-electron chi connectivity index (χ0n) is 10.9. The molecule has 1 N–H and O–H groups in total. The van der Waals surface area contributed by atoms with Crippen LogP contribution in [0.5, 0.6) is 0 Å². The molecule has 0 atom stereocenters. The lowest BCUT2D eigenvalue weighted by Gasteiger charge is -2.29. The van der Waals surface area contributed by atoms with Gasteiger partial charge in [0, 0.05) is 18.8 Å². The average Bonchev–Trinajstić information content (AvgIpc) is 2.44. The monoisotopic (exact) mass is 258 g/mol. The Morgan fingerprint density at radius 1 is 1.37 bits per heavy atom. The van der Waals surface area contributed by atoms with Gasteiger partial charge in [0.15, 0.2) is 0 Å². The van der Waals surface area contributed by atoms with Gasteiger partial charge in [-0.25, -0.2) is 0 Å². The third kappa shape index (κ3) is 3.22. The molecule has 0 radical (unpaired) electrons. The molecule has 1 aromatic rings. The lowest BCUT2D eigenvalue weighted by molar-refractivity contribution is -0.127. The van der Waals surface area contributed by atoms with Crippen LogP contribution in [0.4, 0.5) is 5.69 Å². The molecule has 0 fully saturated rings. The normalized spacial score (nSPS) is 13.6. The fourth-order valence-electron chi connectivity index (χ4n) is 2.27. The number of nitrogens with one attached hydrogen (secondary N) is 1.